The highest BCUT2D eigenvalue weighted by Crippen LogP contribution is 2.19. The Labute approximate surface area is 123 Å². The van der Waals surface area contributed by atoms with E-state index >= 15 is 0 Å². The molecule has 2 aromatic rings. The van der Waals surface area contributed by atoms with E-state index in [9.17, 15) is 4.79 Å². The van der Waals surface area contributed by atoms with E-state index in [4.69, 9.17) is 0 Å². The topological polar surface area (TPSA) is 29.1 Å². The van der Waals surface area contributed by atoms with Gasteiger partial charge in [-0.1, -0.05) is 42.2 Å². The molecule has 3 heteroatoms. The summed E-state index contributed by atoms with van der Waals surface area (Å²) in [5, 5.41) is 2.82. The lowest BCUT2D eigenvalue weighted by Crippen LogP contribution is -2.24. The first-order valence-electron chi connectivity index (χ1n) is 6.26. The molecule has 0 aliphatic heterocycles. The van der Waals surface area contributed by atoms with Crippen molar-refractivity contribution in [2.75, 3.05) is 12.8 Å². The van der Waals surface area contributed by atoms with E-state index in [1.54, 1.807) is 11.8 Å². The lowest BCUT2D eigenvalue weighted by molar-refractivity contribution is 0.0956. The third-order valence-electron chi connectivity index (χ3n) is 2.70. The van der Waals surface area contributed by atoms with Crippen molar-refractivity contribution in [2.24, 2.45) is 0 Å². The van der Waals surface area contributed by atoms with Crippen molar-refractivity contribution >= 4 is 17.7 Å². The molecule has 1 amide bonds. The molecule has 0 atom stereocenters. The van der Waals surface area contributed by atoms with E-state index in [0.29, 0.717) is 12.1 Å². The molecule has 2 nitrogen and oxygen atoms in total. The number of thioether (sulfide) groups is 1. The fraction of sp³-hybridized carbons (Fsp3) is 0.118. The molecule has 2 rings (SSSR count). The predicted molar refractivity (Wildman–Crippen MR) is 83.9 cm³/mol. The van der Waals surface area contributed by atoms with Gasteiger partial charge < -0.3 is 5.32 Å². The van der Waals surface area contributed by atoms with Crippen molar-refractivity contribution in [1.29, 1.82) is 0 Å². The van der Waals surface area contributed by atoms with Crippen LogP contribution in [0.5, 0.6) is 0 Å². The molecule has 0 aromatic heterocycles. The first-order valence-corrected chi connectivity index (χ1v) is 7.49. The van der Waals surface area contributed by atoms with E-state index in [0.717, 1.165) is 10.5 Å². The molecular formula is C17H15NOS. The van der Waals surface area contributed by atoms with E-state index in [1.165, 1.54) is 0 Å². The van der Waals surface area contributed by atoms with Crippen LogP contribution in [0.25, 0.3) is 0 Å². The summed E-state index contributed by atoms with van der Waals surface area (Å²) in [5.74, 6) is 5.88. The standard InChI is InChI=1S/C17H15NOS/c1-20-16-12-6-5-11-15(16)17(19)18-13-7-10-14-8-3-2-4-9-14/h2-6,8-9,11-12H,13H2,1H3,(H,18,19). The molecule has 0 radical (unpaired) electrons. The van der Waals surface area contributed by atoms with Gasteiger partial charge in [-0.2, -0.15) is 0 Å². The molecule has 0 saturated carbocycles. The van der Waals surface area contributed by atoms with Gasteiger partial charge in [-0.3, -0.25) is 4.79 Å². The minimum Gasteiger partial charge on any atom is -0.341 e. The smallest absolute Gasteiger partial charge is 0.253 e. The Balaban J connectivity index is 1.95. The number of carbonyl (C=O) groups excluding carboxylic acids is 1. The van der Waals surface area contributed by atoms with Gasteiger partial charge in [0.1, 0.15) is 0 Å². The third kappa shape index (κ3) is 3.91. The van der Waals surface area contributed by atoms with E-state index < -0.39 is 0 Å². The Morgan fingerprint density at radius 2 is 1.80 bits per heavy atom. The quantitative estimate of drug-likeness (QED) is 0.691. The Hall–Kier alpha value is -2.18. The Morgan fingerprint density at radius 1 is 1.10 bits per heavy atom. The first-order chi connectivity index (χ1) is 9.81. The van der Waals surface area contributed by atoms with Gasteiger partial charge in [0.25, 0.3) is 5.91 Å². The maximum Gasteiger partial charge on any atom is 0.253 e. The number of hydrogen-bond acceptors (Lipinski definition) is 2. The normalized spacial score (nSPS) is 9.45. The molecule has 0 fully saturated rings. The Kier molecular flexibility index (Phi) is 5.28. The summed E-state index contributed by atoms with van der Waals surface area (Å²) < 4.78 is 0. The van der Waals surface area contributed by atoms with Gasteiger partial charge in [-0.05, 0) is 30.5 Å². The largest absolute Gasteiger partial charge is 0.341 e. The van der Waals surface area contributed by atoms with Crippen LogP contribution in [0.15, 0.2) is 59.5 Å². The van der Waals surface area contributed by atoms with Gasteiger partial charge in [0.2, 0.25) is 0 Å². The summed E-state index contributed by atoms with van der Waals surface area (Å²) in [5.41, 5.74) is 1.65. The highest BCUT2D eigenvalue weighted by Gasteiger charge is 2.08. The van der Waals surface area contributed by atoms with Crippen molar-refractivity contribution in [2.45, 2.75) is 4.90 Å². The number of rotatable bonds is 3. The zero-order valence-corrected chi connectivity index (χ0v) is 12.0. The van der Waals surface area contributed by atoms with E-state index in [1.807, 2.05) is 60.9 Å². The average molecular weight is 281 g/mol. The highest BCUT2D eigenvalue weighted by atomic mass is 32.2. The van der Waals surface area contributed by atoms with Gasteiger partial charge in [0.05, 0.1) is 12.1 Å². The maximum absolute atomic E-state index is 12.0. The maximum atomic E-state index is 12.0. The van der Waals surface area contributed by atoms with Crippen molar-refractivity contribution in [3.63, 3.8) is 0 Å². The average Bonchev–Trinajstić information content (AvgIpc) is 2.52. The number of hydrogen-bond donors (Lipinski definition) is 1. The van der Waals surface area contributed by atoms with Crippen molar-refractivity contribution in [1.82, 2.24) is 5.32 Å². The van der Waals surface area contributed by atoms with Crippen LogP contribution < -0.4 is 5.32 Å². The fourth-order valence-electron chi connectivity index (χ4n) is 1.72. The lowest BCUT2D eigenvalue weighted by atomic mass is 10.2. The van der Waals surface area contributed by atoms with Crippen molar-refractivity contribution < 1.29 is 4.79 Å². The van der Waals surface area contributed by atoms with Gasteiger partial charge >= 0.3 is 0 Å². The van der Waals surface area contributed by atoms with E-state index in [-0.39, 0.29) is 5.91 Å². The summed E-state index contributed by atoms with van der Waals surface area (Å²) in [6.45, 7) is 0.344. The molecule has 0 aliphatic rings. The van der Waals surface area contributed by atoms with Crippen molar-refractivity contribution in [3.05, 3.63) is 65.7 Å². The van der Waals surface area contributed by atoms with Gasteiger partial charge in [0.15, 0.2) is 0 Å². The summed E-state index contributed by atoms with van der Waals surface area (Å²) in [6, 6.07) is 17.3. The lowest BCUT2D eigenvalue weighted by Gasteiger charge is -2.05. The Morgan fingerprint density at radius 3 is 2.55 bits per heavy atom. The van der Waals surface area contributed by atoms with Crippen LogP contribution in [-0.2, 0) is 0 Å². The second kappa shape index (κ2) is 7.42. The zero-order valence-electron chi connectivity index (χ0n) is 11.2. The molecule has 0 spiro atoms. The molecular weight excluding hydrogens is 266 g/mol. The van der Waals surface area contributed by atoms with Gasteiger partial charge in [0, 0.05) is 10.5 Å². The van der Waals surface area contributed by atoms with Crippen LogP contribution >= 0.6 is 11.8 Å². The highest BCUT2D eigenvalue weighted by molar-refractivity contribution is 7.98. The second-order valence-corrected chi connectivity index (χ2v) is 4.90. The predicted octanol–water partition coefficient (Wildman–Crippen LogP) is 3.19. The molecule has 100 valence electrons. The number of amides is 1. The third-order valence-corrected chi connectivity index (χ3v) is 3.49. The second-order valence-electron chi connectivity index (χ2n) is 4.05. The summed E-state index contributed by atoms with van der Waals surface area (Å²) >= 11 is 1.56. The summed E-state index contributed by atoms with van der Waals surface area (Å²) in [7, 11) is 0. The monoisotopic (exact) mass is 281 g/mol. The van der Waals surface area contributed by atoms with Crippen LogP contribution in [0.1, 0.15) is 15.9 Å². The van der Waals surface area contributed by atoms with Crippen molar-refractivity contribution in [3.8, 4) is 11.8 Å². The minimum atomic E-state index is -0.0858. The molecule has 0 unspecified atom stereocenters. The zero-order chi connectivity index (χ0) is 14.2. The molecule has 0 saturated heterocycles. The number of carbonyl (C=O) groups is 1. The van der Waals surface area contributed by atoms with Crippen LogP contribution in [0.4, 0.5) is 0 Å². The minimum absolute atomic E-state index is 0.0858. The van der Waals surface area contributed by atoms with Gasteiger partial charge in [-0.15, -0.1) is 11.8 Å². The SMILES string of the molecule is CSc1ccccc1C(=O)NCC#Cc1ccccc1. The first kappa shape index (κ1) is 14.2. The number of nitrogens with one attached hydrogen (secondary N) is 1. The molecule has 20 heavy (non-hydrogen) atoms. The van der Waals surface area contributed by atoms with Gasteiger partial charge in [-0.25, -0.2) is 0 Å². The Bertz CT molecular complexity index is 641. The molecule has 0 bridgehead atoms. The summed E-state index contributed by atoms with van der Waals surface area (Å²) in [6.07, 6.45) is 1.96. The van der Waals surface area contributed by atoms with Crippen LogP contribution in [0.2, 0.25) is 0 Å². The molecule has 2 aromatic carbocycles. The van der Waals surface area contributed by atoms with Crippen LogP contribution in [0, 0.1) is 11.8 Å². The molecule has 0 aliphatic carbocycles. The number of benzene rings is 2. The summed E-state index contributed by atoms with van der Waals surface area (Å²) in [4.78, 5) is 13.0. The van der Waals surface area contributed by atoms with Crippen LogP contribution in [0.3, 0.4) is 0 Å². The molecule has 0 heterocycles. The van der Waals surface area contributed by atoms with Crippen LogP contribution in [-0.4, -0.2) is 18.7 Å². The molecule has 1 N–H and O–H groups in total. The van der Waals surface area contributed by atoms with E-state index in [2.05, 4.69) is 17.2 Å². The fourth-order valence-corrected chi connectivity index (χ4v) is 2.31.